The van der Waals surface area contributed by atoms with Gasteiger partial charge in [-0.15, -0.1) is 0 Å². The van der Waals surface area contributed by atoms with Crippen molar-refractivity contribution in [2.45, 2.75) is 48.7 Å². The summed E-state index contributed by atoms with van der Waals surface area (Å²) in [5.74, 6) is 1.13. The molecule has 2 aliphatic rings. The number of fused-ring (bicyclic) bond motifs is 2. The number of ketones is 1. The molecule has 1 amide bonds. The van der Waals surface area contributed by atoms with Gasteiger partial charge in [0.2, 0.25) is 6.41 Å². The highest BCUT2D eigenvalue weighted by Gasteiger charge is 2.24. The lowest BCUT2D eigenvalue weighted by Crippen LogP contribution is -2.32. The van der Waals surface area contributed by atoms with E-state index in [-0.39, 0.29) is 5.78 Å². The lowest BCUT2D eigenvalue weighted by molar-refractivity contribution is -0.119. The normalized spacial score (nSPS) is 16.7. The maximum atomic E-state index is 12.1. The van der Waals surface area contributed by atoms with Crippen molar-refractivity contribution in [1.29, 1.82) is 0 Å². The second kappa shape index (κ2) is 8.82. The second-order valence-electron chi connectivity index (χ2n) is 8.32. The van der Waals surface area contributed by atoms with Gasteiger partial charge in [0, 0.05) is 41.0 Å². The third-order valence-electron chi connectivity index (χ3n) is 6.37. The Morgan fingerprint density at radius 2 is 2.03 bits per heavy atom. The Morgan fingerprint density at radius 1 is 1.22 bits per heavy atom. The van der Waals surface area contributed by atoms with Gasteiger partial charge in [-0.2, -0.15) is 0 Å². The van der Waals surface area contributed by atoms with E-state index in [1.54, 1.807) is 11.8 Å². The number of amides is 1. The van der Waals surface area contributed by atoms with Crippen molar-refractivity contribution in [2.24, 2.45) is 5.92 Å². The van der Waals surface area contributed by atoms with E-state index in [0.717, 1.165) is 83.0 Å². The van der Waals surface area contributed by atoms with Gasteiger partial charge in [-0.25, -0.2) is 15.0 Å². The van der Waals surface area contributed by atoms with Crippen molar-refractivity contribution in [3.05, 3.63) is 34.1 Å². The van der Waals surface area contributed by atoms with Gasteiger partial charge in [0.1, 0.15) is 6.33 Å². The number of carbonyl (C=O) groups is 2. The number of likely N-dealkylation sites (tertiary alicyclic amines) is 1. The van der Waals surface area contributed by atoms with Crippen LogP contribution in [-0.4, -0.2) is 49.7 Å². The number of aromatic nitrogens is 4. The highest BCUT2D eigenvalue weighted by molar-refractivity contribution is 9.10. The van der Waals surface area contributed by atoms with Gasteiger partial charge >= 0.3 is 0 Å². The van der Waals surface area contributed by atoms with E-state index in [9.17, 15) is 9.59 Å². The SMILES string of the molecule is Nc1ncnc2c1nc(Sc1cc3c(cc1Br)C(=O)CC3)n2CCC1CCN(C=O)CC1. The number of nitrogens with zero attached hydrogens (tertiary/aromatic N) is 5. The molecule has 0 radical (unpaired) electrons. The molecule has 0 bridgehead atoms. The average molecular weight is 515 g/mol. The molecule has 32 heavy (non-hydrogen) atoms. The minimum absolute atomic E-state index is 0.202. The molecular formula is C22H23BrN6O2S. The minimum atomic E-state index is 0.202. The van der Waals surface area contributed by atoms with Crippen molar-refractivity contribution >= 4 is 56.9 Å². The van der Waals surface area contributed by atoms with Gasteiger partial charge in [-0.05, 0) is 65.2 Å². The third-order valence-corrected chi connectivity index (χ3v) is 8.34. The molecule has 0 saturated carbocycles. The molecular weight excluding hydrogens is 492 g/mol. The first-order valence-corrected chi connectivity index (χ1v) is 12.3. The zero-order valence-electron chi connectivity index (χ0n) is 17.5. The summed E-state index contributed by atoms with van der Waals surface area (Å²) in [6.45, 7) is 2.40. The number of imidazole rings is 1. The Labute approximate surface area is 198 Å². The number of nitrogens with two attached hydrogens (primary N) is 1. The van der Waals surface area contributed by atoms with E-state index in [1.165, 1.54) is 6.33 Å². The standard InChI is InChI=1S/C22H23BrN6O2S/c23-16-10-15-14(1-2-17(15)31)9-18(16)32-22-27-19-20(24)25-11-26-21(19)29(22)8-5-13-3-6-28(12-30)7-4-13/h9-13H,1-8H2,(H2,24,25,26). The van der Waals surface area contributed by atoms with Crippen molar-refractivity contribution in [3.8, 4) is 0 Å². The molecule has 0 atom stereocenters. The van der Waals surface area contributed by atoms with Crippen LogP contribution in [0.15, 0.2) is 33.0 Å². The molecule has 1 fully saturated rings. The number of Topliss-reactive ketones (excluding diaryl/α,β-unsaturated/α-hetero) is 1. The first-order valence-electron chi connectivity index (χ1n) is 10.7. The molecule has 3 aromatic rings. The molecule has 1 aromatic carbocycles. The summed E-state index contributed by atoms with van der Waals surface area (Å²) < 4.78 is 3.00. The first kappa shape index (κ1) is 21.4. The Morgan fingerprint density at radius 3 is 2.81 bits per heavy atom. The van der Waals surface area contributed by atoms with Gasteiger partial charge in [-0.1, -0.05) is 11.8 Å². The van der Waals surface area contributed by atoms with Gasteiger partial charge in [0.15, 0.2) is 27.9 Å². The highest BCUT2D eigenvalue weighted by Crippen LogP contribution is 2.39. The Bertz CT molecular complexity index is 1200. The molecule has 2 aromatic heterocycles. The topological polar surface area (TPSA) is 107 Å². The highest BCUT2D eigenvalue weighted by atomic mass is 79.9. The third kappa shape index (κ3) is 4.01. The molecule has 5 rings (SSSR count). The maximum Gasteiger partial charge on any atom is 0.209 e. The zero-order chi connectivity index (χ0) is 22.2. The van der Waals surface area contributed by atoms with Gasteiger partial charge < -0.3 is 15.2 Å². The number of nitrogen functional groups attached to an aromatic ring is 1. The summed E-state index contributed by atoms with van der Waals surface area (Å²) in [5.41, 5.74) is 9.34. The minimum Gasteiger partial charge on any atom is -0.382 e. The van der Waals surface area contributed by atoms with Crippen LogP contribution in [0.25, 0.3) is 11.2 Å². The lowest BCUT2D eigenvalue weighted by atomic mass is 9.94. The van der Waals surface area contributed by atoms with E-state index in [1.807, 2.05) is 11.0 Å². The van der Waals surface area contributed by atoms with Crippen LogP contribution in [-0.2, 0) is 17.8 Å². The fourth-order valence-electron chi connectivity index (χ4n) is 4.49. The average Bonchev–Trinajstić information content (AvgIpc) is 3.34. The Balaban J connectivity index is 1.44. The van der Waals surface area contributed by atoms with E-state index in [4.69, 9.17) is 10.7 Å². The van der Waals surface area contributed by atoms with E-state index in [0.29, 0.717) is 23.7 Å². The van der Waals surface area contributed by atoms with E-state index >= 15 is 0 Å². The van der Waals surface area contributed by atoms with Crippen LogP contribution in [0.3, 0.4) is 0 Å². The smallest absolute Gasteiger partial charge is 0.209 e. The lowest BCUT2D eigenvalue weighted by Gasteiger charge is -2.29. The van der Waals surface area contributed by atoms with Crippen LogP contribution in [0.2, 0.25) is 0 Å². The summed E-state index contributed by atoms with van der Waals surface area (Å²) in [7, 11) is 0. The number of benzene rings is 1. The van der Waals surface area contributed by atoms with Crippen LogP contribution in [0.4, 0.5) is 5.82 Å². The number of hydrogen-bond acceptors (Lipinski definition) is 7. The molecule has 0 spiro atoms. The maximum absolute atomic E-state index is 12.1. The van der Waals surface area contributed by atoms with Crippen LogP contribution >= 0.6 is 27.7 Å². The predicted molar refractivity (Wildman–Crippen MR) is 126 cm³/mol. The number of piperidine rings is 1. The molecule has 1 aliphatic heterocycles. The van der Waals surface area contributed by atoms with Crippen molar-refractivity contribution in [2.75, 3.05) is 18.8 Å². The van der Waals surface area contributed by atoms with Gasteiger partial charge in [0.05, 0.1) is 0 Å². The fraction of sp³-hybridized carbons (Fsp3) is 0.409. The van der Waals surface area contributed by atoms with Crippen LogP contribution in [0, 0.1) is 5.92 Å². The summed E-state index contributed by atoms with van der Waals surface area (Å²) >= 11 is 5.18. The molecule has 2 N–H and O–H groups in total. The van der Waals surface area contributed by atoms with Crippen molar-refractivity contribution < 1.29 is 9.59 Å². The van der Waals surface area contributed by atoms with Crippen molar-refractivity contribution in [1.82, 2.24) is 24.4 Å². The quantitative estimate of drug-likeness (QED) is 0.499. The van der Waals surface area contributed by atoms with E-state index < -0.39 is 0 Å². The summed E-state index contributed by atoms with van der Waals surface area (Å²) in [6.07, 6.45) is 6.77. The molecule has 166 valence electrons. The molecule has 1 saturated heterocycles. The number of halogens is 1. The molecule has 8 nitrogen and oxygen atoms in total. The summed E-state index contributed by atoms with van der Waals surface area (Å²) in [5, 5.41) is 0.808. The molecule has 1 aliphatic carbocycles. The number of hydrogen-bond donors (Lipinski definition) is 1. The molecule has 0 unspecified atom stereocenters. The molecule has 3 heterocycles. The fourth-order valence-corrected chi connectivity index (χ4v) is 6.06. The zero-order valence-corrected chi connectivity index (χ0v) is 19.9. The monoisotopic (exact) mass is 514 g/mol. The largest absolute Gasteiger partial charge is 0.382 e. The van der Waals surface area contributed by atoms with Crippen LogP contribution < -0.4 is 5.73 Å². The Kier molecular flexibility index (Phi) is 5.90. The Hall–Kier alpha value is -2.46. The van der Waals surface area contributed by atoms with E-state index in [2.05, 4.69) is 36.5 Å². The van der Waals surface area contributed by atoms with Gasteiger partial charge in [0.25, 0.3) is 0 Å². The second-order valence-corrected chi connectivity index (χ2v) is 10.2. The van der Waals surface area contributed by atoms with Crippen LogP contribution in [0.1, 0.15) is 41.6 Å². The number of rotatable bonds is 6. The summed E-state index contributed by atoms with van der Waals surface area (Å²) in [6, 6.07) is 4.01. The number of anilines is 1. The van der Waals surface area contributed by atoms with Gasteiger partial charge in [-0.3, -0.25) is 9.59 Å². The predicted octanol–water partition coefficient (Wildman–Crippen LogP) is 3.71. The number of carbonyl (C=O) groups excluding carboxylic acids is 2. The number of aryl methyl sites for hydroxylation is 2. The van der Waals surface area contributed by atoms with Crippen LogP contribution in [0.5, 0.6) is 0 Å². The summed E-state index contributed by atoms with van der Waals surface area (Å²) in [4.78, 5) is 39.3. The molecule has 10 heteroatoms. The first-order chi connectivity index (χ1) is 15.5. The van der Waals surface area contributed by atoms with Crippen molar-refractivity contribution in [3.63, 3.8) is 0 Å².